The van der Waals surface area contributed by atoms with Crippen LogP contribution in [0.5, 0.6) is 0 Å². The zero-order valence-electron chi connectivity index (χ0n) is 17.0. The summed E-state index contributed by atoms with van der Waals surface area (Å²) in [5.41, 5.74) is 1.19. The summed E-state index contributed by atoms with van der Waals surface area (Å²) in [6.07, 6.45) is 0. The Kier molecular flexibility index (Phi) is 6.07. The maximum absolute atomic E-state index is 13.2. The van der Waals surface area contributed by atoms with Gasteiger partial charge in [-0.05, 0) is 30.3 Å². The summed E-state index contributed by atoms with van der Waals surface area (Å²) in [5, 5.41) is 17.4. The highest BCUT2D eigenvalue weighted by Crippen LogP contribution is 2.40. The second kappa shape index (κ2) is 8.79. The van der Waals surface area contributed by atoms with E-state index in [1.54, 1.807) is 37.3 Å². The minimum Gasteiger partial charge on any atom is -0.477 e. The Morgan fingerprint density at radius 1 is 1.28 bits per heavy atom. The lowest BCUT2D eigenvalue weighted by atomic mass is 10.0. The number of thiocarbonyl (C=S) groups is 1. The van der Waals surface area contributed by atoms with Crippen LogP contribution in [-0.2, 0) is 14.4 Å². The highest BCUT2D eigenvalue weighted by Gasteiger charge is 2.54. The number of aliphatic carboxylic acids is 1. The average molecular weight is 476 g/mol. The van der Waals surface area contributed by atoms with Crippen molar-refractivity contribution in [1.29, 1.82) is 0 Å². The number of hydrogen-bond acceptors (Lipinski definition) is 6. The molecule has 1 aromatic rings. The van der Waals surface area contributed by atoms with Gasteiger partial charge in [-0.15, -0.1) is 11.8 Å². The number of β-lactam (4-membered cyclic amide) rings is 1. The van der Waals surface area contributed by atoms with E-state index in [0.717, 1.165) is 0 Å². The molecule has 4 N–H and O–H groups in total. The zero-order chi connectivity index (χ0) is 23.0. The number of carboxylic acid groups (broad SMARTS) is 1. The molecule has 0 saturated carbocycles. The number of fused-ring (bicyclic) bond motifs is 1. The van der Waals surface area contributed by atoms with Crippen molar-refractivity contribution in [2.75, 3.05) is 18.8 Å². The van der Waals surface area contributed by atoms with Crippen LogP contribution in [0.15, 0.2) is 41.6 Å². The number of nitrogens with one attached hydrogen (secondary N) is 3. The van der Waals surface area contributed by atoms with Gasteiger partial charge < -0.3 is 21.1 Å². The minimum atomic E-state index is -1.16. The molecule has 10 nitrogen and oxygen atoms in total. The molecule has 4 amide bonds. The third-order valence-corrected chi connectivity index (χ3v) is 7.19. The number of carboxylic acids is 1. The van der Waals surface area contributed by atoms with Crippen molar-refractivity contribution in [2.24, 2.45) is 0 Å². The van der Waals surface area contributed by atoms with E-state index in [1.165, 1.54) is 21.6 Å². The SMILES string of the molecule is CC1=C(C(=O)O)N2C(=O)C(NC(=O)[C@H](NC(=S)N3CCNC3=O)c3ccccc3)[C@H]2SC1. The first-order chi connectivity index (χ1) is 15.3. The topological polar surface area (TPSA) is 131 Å². The Hall–Kier alpha value is -3.12. The number of rotatable bonds is 5. The number of amides is 4. The lowest BCUT2D eigenvalue weighted by Gasteiger charge is -2.49. The molecule has 0 spiro atoms. The summed E-state index contributed by atoms with van der Waals surface area (Å²) in [6, 6.07) is 6.67. The number of nitrogens with zero attached hydrogens (tertiary/aromatic N) is 2. The van der Waals surface area contributed by atoms with Crippen molar-refractivity contribution in [3.05, 3.63) is 47.2 Å². The lowest BCUT2D eigenvalue weighted by molar-refractivity contribution is -0.150. The van der Waals surface area contributed by atoms with Crippen LogP contribution in [-0.4, -0.2) is 74.1 Å². The molecule has 0 aliphatic carbocycles. The van der Waals surface area contributed by atoms with Gasteiger partial charge in [0.2, 0.25) is 5.91 Å². The molecule has 0 radical (unpaired) electrons. The van der Waals surface area contributed by atoms with E-state index in [2.05, 4.69) is 16.0 Å². The van der Waals surface area contributed by atoms with Crippen LogP contribution in [0.4, 0.5) is 4.79 Å². The largest absolute Gasteiger partial charge is 0.477 e. The van der Waals surface area contributed by atoms with Crippen LogP contribution >= 0.6 is 24.0 Å². The van der Waals surface area contributed by atoms with Crippen molar-refractivity contribution in [3.8, 4) is 0 Å². The lowest BCUT2D eigenvalue weighted by Crippen LogP contribution is -2.71. The summed E-state index contributed by atoms with van der Waals surface area (Å²) >= 11 is 6.74. The molecule has 1 unspecified atom stereocenters. The molecule has 3 heterocycles. The summed E-state index contributed by atoms with van der Waals surface area (Å²) in [6.45, 7) is 2.51. The number of carbonyl (C=O) groups excluding carboxylic acids is 3. The van der Waals surface area contributed by atoms with Gasteiger partial charge in [0.15, 0.2) is 5.11 Å². The maximum Gasteiger partial charge on any atom is 0.352 e. The van der Waals surface area contributed by atoms with E-state index in [1.807, 2.05) is 0 Å². The van der Waals surface area contributed by atoms with Crippen molar-refractivity contribution >= 4 is 52.9 Å². The molecule has 3 aliphatic heterocycles. The molecule has 2 fully saturated rings. The van der Waals surface area contributed by atoms with Gasteiger partial charge in [0.1, 0.15) is 23.2 Å². The molecule has 3 atom stereocenters. The van der Waals surface area contributed by atoms with E-state index < -0.39 is 35.2 Å². The van der Waals surface area contributed by atoms with Gasteiger partial charge >= 0.3 is 12.0 Å². The summed E-state index contributed by atoms with van der Waals surface area (Å²) in [5.74, 6) is -1.68. The Morgan fingerprint density at radius 3 is 2.62 bits per heavy atom. The van der Waals surface area contributed by atoms with Gasteiger partial charge in [-0.1, -0.05) is 30.3 Å². The molecule has 1 aromatic carbocycles. The van der Waals surface area contributed by atoms with E-state index in [4.69, 9.17) is 12.2 Å². The van der Waals surface area contributed by atoms with Crippen molar-refractivity contribution in [2.45, 2.75) is 24.4 Å². The molecule has 4 rings (SSSR count). The molecule has 0 bridgehead atoms. The van der Waals surface area contributed by atoms with Crippen LogP contribution in [0, 0.1) is 0 Å². The summed E-state index contributed by atoms with van der Waals surface area (Å²) < 4.78 is 0. The Balaban J connectivity index is 1.51. The molecule has 12 heteroatoms. The second-order valence-corrected chi connectivity index (χ2v) is 9.00. The molecular weight excluding hydrogens is 454 g/mol. The normalized spacial score (nSPS) is 23.2. The zero-order valence-corrected chi connectivity index (χ0v) is 18.7. The number of benzene rings is 1. The Morgan fingerprint density at radius 2 is 2.00 bits per heavy atom. The standard InChI is InChI=1S/C20H21N5O5S2/c1-10-9-32-17-13(16(27)25(17)14(10)18(28)29)22-15(26)12(11-5-3-2-4-6-11)23-20(31)24-8-7-21-19(24)30/h2-6,12-13,17H,7-9H2,1H3,(H,21,30)(H,22,26)(H,23,31)(H,28,29)/t12-,13?,17-/m1/s1. The van der Waals surface area contributed by atoms with E-state index in [9.17, 15) is 24.3 Å². The predicted molar refractivity (Wildman–Crippen MR) is 120 cm³/mol. The Labute approximate surface area is 193 Å². The van der Waals surface area contributed by atoms with Crippen LogP contribution in [0.3, 0.4) is 0 Å². The van der Waals surface area contributed by atoms with Crippen LogP contribution < -0.4 is 16.0 Å². The van der Waals surface area contributed by atoms with Crippen LogP contribution in [0.1, 0.15) is 18.5 Å². The first-order valence-electron chi connectivity index (χ1n) is 9.88. The van der Waals surface area contributed by atoms with E-state index >= 15 is 0 Å². The van der Waals surface area contributed by atoms with E-state index in [0.29, 0.717) is 30.0 Å². The molecule has 168 valence electrons. The van der Waals surface area contributed by atoms with Crippen LogP contribution in [0.25, 0.3) is 0 Å². The van der Waals surface area contributed by atoms with Gasteiger partial charge in [-0.3, -0.25) is 19.4 Å². The third kappa shape index (κ3) is 3.91. The van der Waals surface area contributed by atoms with Crippen molar-refractivity contribution in [3.63, 3.8) is 0 Å². The first-order valence-corrected chi connectivity index (χ1v) is 11.3. The number of hydrogen-bond donors (Lipinski definition) is 4. The van der Waals surface area contributed by atoms with Crippen molar-refractivity contribution in [1.82, 2.24) is 25.8 Å². The minimum absolute atomic E-state index is 0.0248. The smallest absolute Gasteiger partial charge is 0.352 e. The molecule has 32 heavy (non-hydrogen) atoms. The molecule has 0 aromatic heterocycles. The second-order valence-electron chi connectivity index (χ2n) is 7.51. The summed E-state index contributed by atoms with van der Waals surface area (Å²) in [4.78, 5) is 52.0. The highest BCUT2D eigenvalue weighted by molar-refractivity contribution is 8.00. The maximum atomic E-state index is 13.2. The summed E-state index contributed by atoms with van der Waals surface area (Å²) in [7, 11) is 0. The van der Waals surface area contributed by atoms with E-state index in [-0.39, 0.29) is 16.8 Å². The fourth-order valence-corrected chi connectivity index (χ4v) is 5.41. The van der Waals surface area contributed by atoms with Gasteiger partial charge in [0, 0.05) is 18.8 Å². The van der Waals surface area contributed by atoms with Gasteiger partial charge in [-0.2, -0.15) is 0 Å². The highest BCUT2D eigenvalue weighted by atomic mass is 32.2. The number of carbonyl (C=O) groups is 4. The average Bonchev–Trinajstić information content (AvgIpc) is 3.21. The number of thioether (sulfide) groups is 1. The quantitative estimate of drug-likeness (QED) is 0.355. The fraction of sp³-hybridized carbons (Fsp3) is 0.350. The molecular formula is C20H21N5O5S2. The fourth-order valence-electron chi connectivity index (χ4n) is 3.82. The van der Waals surface area contributed by atoms with Gasteiger partial charge in [0.25, 0.3) is 5.91 Å². The van der Waals surface area contributed by atoms with Gasteiger partial charge in [-0.25, -0.2) is 9.59 Å². The van der Waals surface area contributed by atoms with Gasteiger partial charge in [0.05, 0.1) is 0 Å². The van der Waals surface area contributed by atoms with Crippen LogP contribution in [0.2, 0.25) is 0 Å². The van der Waals surface area contributed by atoms with Crippen molar-refractivity contribution < 1.29 is 24.3 Å². The number of urea groups is 1. The predicted octanol–water partition coefficient (Wildman–Crippen LogP) is 0.386. The third-order valence-electron chi connectivity index (χ3n) is 5.42. The monoisotopic (exact) mass is 475 g/mol. The molecule has 2 saturated heterocycles. The Bertz CT molecular complexity index is 1030. The first kappa shape index (κ1) is 22.1. The molecule has 3 aliphatic rings.